The van der Waals surface area contributed by atoms with Crippen LogP contribution < -0.4 is 5.32 Å². The molecule has 2 aromatic heterocycles. The van der Waals surface area contributed by atoms with E-state index in [1.165, 1.54) is 32.1 Å². The number of imidazole rings is 1. The van der Waals surface area contributed by atoms with Gasteiger partial charge < -0.3 is 10.3 Å². The second kappa shape index (κ2) is 7.44. The van der Waals surface area contributed by atoms with Gasteiger partial charge in [0.05, 0.1) is 27.8 Å². The molecule has 0 saturated heterocycles. The summed E-state index contributed by atoms with van der Waals surface area (Å²) in [5, 5.41) is 5.50. The van der Waals surface area contributed by atoms with Gasteiger partial charge in [0.2, 0.25) is 0 Å². The molecule has 1 aliphatic rings. The lowest BCUT2D eigenvalue weighted by molar-refractivity contribution is 0.373. The lowest BCUT2D eigenvalue weighted by atomic mass is 9.89. The maximum Gasteiger partial charge on any atom is 0.142 e. The van der Waals surface area contributed by atoms with Gasteiger partial charge in [-0.05, 0) is 49.1 Å². The summed E-state index contributed by atoms with van der Waals surface area (Å²) in [7, 11) is 0. The van der Waals surface area contributed by atoms with Gasteiger partial charge in [-0.3, -0.25) is 4.98 Å². The Labute approximate surface area is 169 Å². The van der Waals surface area contributed by atoms with E-state index in [1.54, 1.807) is 0 Å². The van der Waals surface area contributed by atoms with Crippen molar-refractivity contribution in [3.63, 3.8) is 0 Å². The monoisotopic (exact) mass is 390 g/mol. The van der Waals surface area contributed by atoms with Crippen LogP contribution in [-0.2, 0) is 0 Å². The Morgan fingerprint density at radius 3 is 2.75 bits per heavy atom. The second-order valence-corrected chi connectivity index (χ2v) is 8.13. The van der Waals surface area contributed by atoms with Crippen LogP contribution in [0.2, 0.25) is 5.02 Å². The van der Waals surface area contributed by atoms with Gasteiger partial charge in [0.1, 0.15) is 5.82 Å². The number of nitrogens with one attached hydrogen (secondary N) is 2. The highest BCUT2D eigenvalue weighted by atomic mass is 35.5. The van der Waals surface area contributed by atoms with E-state index < -0.39 is 0 Å². The molecule has 1 aliphatic carbocycles. The van der Waals surface area contributed by atoms with Crippen LogP contribution in [0.1, 0.15) is 32.1 Å². The second-order valence-electron chi connectivity index (χ2n) is 7.70. The van der Waals surface area contributed by atoms with E-state index in [1.807, 2.05) is 48.7 Å². The van der Waals surface area contributed by atoms with Crippen molar-refractivity contribution < 1.29 is 0 Å². The first-order chi connectivity index (χ1) is 13.8. The van der Waals surface area contributed by atoms with Crippen molar-refractivity contribution in [3.05, 3.63) is 53.7 Å². The lowest BCUT2D eigenvalue weighted by Crippen LogP contribution is -2.17. The van der Waals surface area contributed by atoms with Gasteiger partial charge in [0, 0.05) is 23.2 Å². The first-order valence-electron chi connectivity index (χ1n) is 10.1. The van der Waals surface area contributed by atoms with E-state index in [0.29, 0.717) is 0 Å². The molecule has 2 aromatic carbocycles. The summed E-state index contributed by atoms with van der Waals surface area (Å²) in [4.78, 5) is 12.9. The predicted octanol–water partition coefficient (Wildman–Crippen LogP) is 6.42. The minimum absolute atomic E-state index is 0.719. The van der Waals surface area contributed by atoms with E-state index in [4.69, 9.17) is 16.6 Å². The van der Waals surface area contributed by atoms with Gasteiger partial charge in [-0.25, -0.2) is 4.98 Å². The molecular formula is C23H23ClN4. The van der Waals surface area contributed by atoms with Gasteiger partial charge >= 0.3 is 0 Å². The minimum atomic E-state index is 0.719. The zero-order valence-electron chi connectivity index (χ0n) is 15.7. The van der Waals surface area contributed by atoms with Crippen molar-refractivity contribution in [2.75, 3.05) is 11.9 Å². The first kappa shape index (κ1) is 17.5. The normalized spacial score (nSPS) is 15.3. The molecule has 0 radical (unpaired) electrons. The molecule has 1 fully saturated rings. The Morgan fingerprint density at radius 1 is 1.04 bits per heavy atom. The molecule has 0 atom stereocenters. The highest BCUT2D eigenvalue weighted by Gasteiger charge is 2.18. The van der Waals surface area contributed by atoms with Crippen molar-refractivity contribution >= 4 is 39.2 Å². The standard InChI is InChI=1S/C23H23ClN4/c24-16-10-11-19-17(12-16)22(26-13-15-6-2-1-3-7-15)18(14-25-19)23-27-20-8-4-5-9-21(20)28-23/h4-5,8-12,14-15H,1-3,6-7,13H2,(H,25,26)(H,27,28). The Bertz CT molecular complexity index is 1100. The Morgan fingerprint density at radius 2 is 1.89 bits per heavy atom. The highest BCUT2D eigenvalue weighted by molar-refractivity contribution is 6.31. The summed E-state index contributed by atoms with van der Waals surface area (Å²) in [5.41, 5.74) is 4.98. The Balaban J connectivity index is 1.60. The largest absolute Gasteiger partial charge is 0.384 e. The molecule has 4 nitrogen and oxygen atoms in total. The number of hydrogen-bond acceptors (Lipinski definition) is 3. The fourth-order valence-electron chi connectivity index (χ4n) is 4.25. The minimum Gasteiger partial charge on any atom is -0.384 e. The van der Waals surface area contributed by atoms with Gasteiger partial charge in [-0.1, -0.05) is 43.0 Å². The van der Waals surface area contributed by atoms with Crippen LogP contribution in [0.4, 0.5) is 5.69 Å². The number of halogens is 1. The first-order valence-corrected chi connectivity index (χ1v) is 10.4. The smallest absolute Gasteiger partial charge is 0.142 e. The zero-order valence-corrected chi connectivity index (χ0v) is 16.5. The van der Waals surface area contributed by atoms with Crippen molar-refractivity contribution in [1.29, 1.82) is 0 Å². The number of nitrogens with zero attached hydrogens (tertiary/aromatic N) is 2. The van der Waals surface area contributed by atoms with Crippen molar-refractivity contribution in [2.24, 2.45) is 5.92 Å². The predicted molar refractivity (Wildman–Crippen MR) is 117 cm³/mol. The third-order valence-electron chi connectivity index (χ3n) is 5.77. The lowest BCUT2D eigenvalue weighted by Gasteiger charge is -2.23. The van der Waals surface area contributed by atoms with Crippen LogP contribution in [-0.4, -0.2) is 21.5 Å². The number of rotatable bonds is 4. The maximum atomic E-state index is 6.32. The SMILES string of the molecule is Clc1ccc2ncc(-c3nc4ccccc4[nH]3)c(NCC3CCCCC3)c2c1. The molecule has 2 N–H and O–H groups in total. The van der Waals surface area contributed by atoms with E-state index in [9.17, 15) is 0 Å². The third kappa shape index (κ3) is 3.33. The number of anilines is 1. The summed E-state index contributed by atoms with van der Waals surface area (Å²) in [6, 6.07) is 14.0. The van der Waals surface area contributed by atoms with E-state index in [-0.39, 0.29) is 0 Å². The molecule has 5 rings (SSSR count). The number of fused-ring (bicyclic) bond motifs is 2. The molecule has 0 bridgehead atoms. The van der Waals surface area contributed by atoms with Gasteiger partial charge in [-0.2, -0.15) is 0 Å². The molecule has 0 unspecified atom stereocenters. The number of hydrogen-bond donors (Lipinski definition) is 2. The van der Waals surface area contributed by atoms with Gasteiger partial charge in [-0.15, -0.1) is 0 Å². The molecule has 28 heavy (non-hydrogen) atoms. The molecule has 2 heterocycles. The average molecular weight is 391 g/mol. The fraction of sp³-hybridized carbons (Fsp3) is 0.304. The summed E-state index contributed by atoms with van der Waals surface area (Å²) < 4.78 is 0. The van der Waals surface area contributed by atoms with E-state index in [0.717, 1.165) is 56.5 Å². The molecule has 4 aromatic rings. The van der Waals surface area contributed by atoms with E-state index in [2.05, 4.69) is 15.3 Å². The van der Waals surface area contributed by atoms with Crippen LogP contribution in [0, 0.1) is 5.92 Å². The van der Waals surface area contributed by atoms with Gasteiger partial charge in [0.25, 0.3) is 0 Å². The number of H-pyrrole nitrogens is 1. The summed E-state index contributed by atoms with van der Waals surface area (Å²) in [6.45, 7) is 0.971. The van der Waals surface area contributed by atoms with Gasteiger partial charge in [0.15, 0.2) is 0 Å². The van der Waals surface area contributed by atoms with Crippen molar-refractivity contribution in [3.8, 4) is 11.4 Å². The number of benzene rings is 2. The maximum absolute atomic E-state index is 6.32. The van der Waals surface area contributed by atoms with Crippen molar-refractivity contribution in [2.45, 2.75) is 32.1 Å². The van der Waals surface area contributed by atoms with Crippen LogP contribution in [0.3, 0.4) is 0 Å². The summed E-state index contributed by atoms with van der Waals surface area (Å²) in [5.74, 6) is 1.56. The fourth-order valence-corrected chi connectivity index (χ4v) is 4.42. The van der Waals surface area contributed by atoms with Crippen LogP contribution in [0.15, 0.2) is 48.7 Å². The highest BCUT2D eigenvalue weighted by Crippen LogP contribution is 2.35. The average Bonchev–Trinajstić information content (AvgIpc) is 3.16. The quantitative estimate of drug-likeness (QED) is 0.422. The molecular weight excluding hydrogens is 368 g/mol. The molecule has 142 valence electrons. The topological polar surface area (TPSA) is 53.6 Å². The van der Waals surface area contributed by atoms with E-state index >= 15 is 0 Å². The molecule has 0 aliphatic heterocycles. The number of pyridine rings is 1. The Hall–Kier alpha value is -2.59. The summed E-state index contributed by atoms with van der Waals surface area (Å²) in [6.07, 6.45) is 8.57. The molecule has 5 heteroatoms. The van der Waals surface area contributed by atoms with Crippen molar-refractivity contribution in [1.82, 2.24) is 15.0 Å². The number of aromatic nitrogens is 3. The molecule has 0 amide bonds. The molecule has 0 spiro atoms. The van der Waals surface area contributed by atoms with Crippen LogP contribution in [0.25, 0.3) is 33.3 Å². The zero-order chi connectivity index (χ0) is 18.9. The van der Waals surface area contributed by atoms with Crippen LogP contribution >= 0.6 is 11.6 Å². The number of aromatic amines is 1. The Kier molecular flexibility index (Phi) is 4.65. The summed E-state index contributed by atoms with van der Waals surface area (Å²) >= 11 is 6.32. The number of para-hydroxylation sites is 2. The third-order valence-corrected chi connectivity index (χ3v) is 6.00. The van der Waals surface area contributed by atoms with Crippen LogP contribution in [0.5, 0.6) is 0 Å². The molecule has 1 saturated carbocycles.